The summed E-state index contributed by atoms with van der Waals surface area (Å²) in [5.41, 5.74) is 0. The van der Waals surface area contributed by atoms with E-state index in [0.717, 1.165) is 0 Å². The molecule has 3 rings (SSSR count). The predicted molar refractivity (Wildman–Crippen MR) is 66.7 cm³/mol. The highest BCUT2D eigenvalue weighted by molar-refractivity contribution is 7.96. The minimum Gasteiger partial charge on any atom is -0.458 e. The highest BCUT2D eigenvalue weighted by atomic mass is 32.2. The van der Waals surface area contributed by atoms with Gasteiger partial charge in [-0.05, 0) is 12.8 Å². The number of halogens is 6. The van der Waals surface area contributed by atoms with Crippen LogP contribution >= 0.6 is 12.0 Å². The van der Waals surface area contributed by atoms with Crippen LogP contribution in [0.15, 0.2) is 0 Å². The third-order valence-corrected chi connectivity index (χ3v) is 5.94. The van der Waals surface area contributed by atoms with Gasteiger partial charge in [0.25, 0.3) is 0 Å². The Labute approximate surface area is 144 Å². The van der Waals surface area contributed by atoms with Crippen molar-refractivity contribution in [1.82, 2.24) is 0 Å². The second-order valence-corrected chi connectivity index (χ2v) is 7.09. The molecule has 2 aliphatic carbocycles. The molecule has 0 amide bonds. The molecule has 3 fully saturated rings. The van der Waals surface area contributed by atoms with Crippen molar-refractivity contribution in [3.63, 3.8) is 0 Å². The zero-order chi connectivity index (χ0) is 19.5. The van der Waals surface area contributed by atoms with Crippen LogP contribution in [0, 0.1) is 17.8 Å². The van der Waals surface area contributed by atoms with Crippen LogP contribution in [0.2, 0.25) is 0 Å². The van der Waals surface area contributed by atoms with Gasteiger partial charge in [0.2, 0.25) is 0 Å². The number of hydrogen-bond acceptors (Lipinski definition) is 8. The van der Waals surface area contributed by atoms with E-state index in [1.54, 1.807) is 0 Å². The topological polar surface area (TPSA) is 91.3 Å². The maximum atomic E-state index is 13.2. The molecular formula is C12H10F6O7S. The largest absolute Gasteiger partial charge is 0.458 e. The zero-order valence-corrected chi connectivity index (χ0v) is 13.2. The second-order valence-electron chi connectivity index (χ2n) is 6.18. The van der Waals surface area contributed by atoms with Gasteiger partial charge < -0.3 is 9.47 Å². The van der Waals surface area contributed by atoms with Crippen molar-refractivity contribution in [2.75, 3.05) is 0 Å². The number of rotatable bonds is 5. The summed E-state index contributed by atoms with van der Waals surface area (Å²) in [4.78, 5) is 23.6. The Morgan fingerprint density at radius 3 is 2.31 bits per heavy atom. The van der Waals surface area contributed by atoms with Gasteiger partial charge in [0.15, 0.2) is 0 Å². The van der Waals surface area contributed by atoms with Crippen molar-refractivity contribution in [3.05, 3.63) is 0 Å². The van der Waals surface area contributed by atoms with E-state index < -0.39 is 71.0 Å². The third-order valence-electron chi connectivity index (χ3n) is 4.93. The highest BCUT2D eigenvalue weighted by Gasteiger charge is 2.80. The number of carbonyl (C=O) groups excluding carboxylic acids is 2. The molecule has 0 spiro atoms. The number of alkyl halides is 6. The lowest BCUT2D eigenvalue weighted by Crippen LogP contribution is -2.61. The van der Waals surface area contributed by atoms with Crippen molar-refractivity contribution in [2.24, 2.45) is 17.8 Å². The van der Waals surface area contributed by atoms with E-state index in [4.69, 9.17) is 9.99 Å². The molecule has 5 atom stereocenters. The van der Waals surface area contributed by atoms with Crippen LogP contribution in [-0.4, -0.2) is 46.5 Å². The Hall–Kier alpha value is -1.25. The monoisotopic (exact) mass is 412 g/mol. The van der Waals surface area contributed by atoms with Crippen LogP contribution in [0.5, 0.6) is 0 Å². The smallest absolute Gasteiger partial charge is 0.425 e. The van der Waals surface area contributed by atoms with Crippen LogP contribution in [0.25, 0.3) is 0 Å². The summed E-state index contributed by atoms with van der Waals surface area (Å²) in [6.07, 6.45) is -14.4. The summed E-state index contributed by atoms with van der Waals surface area (Å²) in [6, 6.07) is 0. The molecule has 2 saturated carbocycles. The first kappa shape index (κ1) is 19.5. The summed E-state index contributed by atoms with van der Waals surface area (Å²) >= 11 is -1.49. The molecule has 1 saturated heterocycles. The minimum absolute atomic E-state index is 0.159. The number of esters is 2. The van der Waals surface area contributed by atoms with Gasteiger partial charge in [0.1, 0.15) is 12.2 Å². The fourth-order valence-electron chi connectivity index (χ4n) is 3.86. The zero-order valence-electron chi connectivity index (χ0n) is 12.4. The van der Waals surface area contributed by atoms with E-state index >= 15 is 0 Å². The summed E-state index contributed by atoms with van der Waals surface area (Å²) in [7, 11) is 0. The molecule has 5 unspecified atom stereocenters. The fourth-order valence-corrected chi connectivity index (χ4v) is 4.30. The molecule has 1 N–H and O–H groups in total. The maximum absolute atomic E-state index is 13.2. The first-order valence-electron chi connectivity index (χ1n) is 7.15. The maximum Gasteiger partial charge on any atom is 0.425 e. The number of fused-ring (bicyclic) bond motifs is 1. The Morgan fingerprint density at radius 1 is 1.15 bits per heavy atom. The van der Waals surface area contributed by atoms with Crippen LogP contribution < -0.4 is 0 Å². The molecule has 1 aliphatic heterocycles. The molecule has 0 aromatic carbocycles. The van der Waals surface area contributed by atoms with Crippen LogP contribution in [0.1, 0.15) is 12.8 Å². The van der Waals surface area contributed by atoms with Gasteiger partial charge in [-0.15, -0.1) is 4.33 Å². The normalized spacial score (nSPS) is 33.5. The molecule has 26 heavy (non-hydrogen) atoms. The average Bonchev–Trinajstić information content (AvgIpc) is 3.10. The molecule has 0 aromatic heterocycles. The highest BCUT2D eigenvalue weighted by Crippen LogP contribution is 2.57. The van der Waals surface area contributed by atoms with E-state index in [9.17, 15) is 35.9 Å². The molecule has 148 valence electrons. The molecule has 0 aromatic rings. The first-order valence-corrected chi connectivity index (χ1v) is 7.89. The van der Waals surface area contributed by atoms with Gasteiger partial charge in [-0.3, -0.25) is 4.79 Å². The van der Waals surface area contributed by atoms with Crippen LogP contribution in [-0.2, 0) is 28.4 Å². The van der Waals surface area contributed by atoms with Crippen molar-refractivity contribution < 1.29 is 60.0 Å². The molecular weight excluding hydrogens is 402 g/mol. The third kappa shape index (κ3) is 2.65. The van der Waals surface area contributed by atoms with E-state index in [-0.39, 0.29) is 6.42 Å². The van der Waals surface area contributed by atoms with Crippen molar-refractivity contribution >= 4 is 24.0 Å². The lowest BCUT2D eigenvalue weighted by molar-refractivity contribution is -0.434. The lowest BCUT2D eigenvalue weighted by atomic mass is 9.88. The van der Waals surface area contributed by atoms with E-state index in [0.29, 0.717) is 6.42 Å². The van der Waals surface area contributed by atoms with Gasteiger partial charge in [0, 0.05) is 11.8 Å². The second kappa shape index (κ2) is 6.14. The van der Waals surface area contributed by atoms with Gasteiger partial charge >= 0.3 is 29.0 Å². The lowest BCUT2D eigenvalue weighted by Gasteiger charge is -2.34. The predicted octanol–water partition coefficient (Wildman–Crippen LogP) is 2.41. The van der Waals surface area contributed by atoms with Gasteiger partial charge in [-0.1, -0.05) is 5.04 Å². The number of carbonyl (C=O) groups is 2. The van der Waals surface area contributed by atoms with Crippen molar-refractivity contribution in [3.8, 4) is 0 Å². The summed E-state index contributed by atoms with van der Waals surface area (Å²) in [6.45, 7) is 0. The Morgan fingerprint density at radius 2 is 1.77 bits per heavy atom. The Kier molecular flexibility index (Phi) is 4.61. The summed E-state index contributed by atoms with van der Waals surface area (Å²) < 4.78 is 86.9. The molecule has 2 bridgehead atoms. The first-order chi connectivity index (χ1) is 11.9. The minimum atomic E-state index is -6.20. The Bertz CT molecular complexity index is 594. The van der Waals surface area contributed by atoms with E-state index in [2.05, 4.69) is 14.1 Å². The van der Waals surface area contributed by atoms with Crippen LogP contribution in [0.3, 0.4) is 0 Å². The standard InChI is InChI=1S/C12H10F6O7S/c13-11(14,15)10(12(16,17)18,26-25-24-21)9(20)23-6-3-1-4-5(2-3)8(19)22-7(4)6/h3-7,21H,1-2H2. The quantitative estimate of drug-likeness (QED) is 0.242. The van der Waals surface area contributed by atoms with Gasteiger partial charge in [-0.25, -0.2) is 10.1 Å². The summed E-state index contributed by atoms with van der Waals surface area (Å²) in [5.74, 6) is -4.76. The average molecular weight is 412 g/mol. The van der Waals surface area contributed by atoms with Crippen molar-refractivity contribution in [1.29, 1.82) is 0 Å². The Balaban J connectivity index is 1.88. The molecule has 14 heteroatoms. The SMILES string of the molecule is O=C1OC2C3CC(CC13)C2OC(=O)C(SOOO)(C(F)(F)F)C(F)(F)F. The molecule has 7 nitrogen and oxygen atoms in total. The van der Waals surface area contributed by atoms with Gasteiger partial charge in [-0.2, -0.15) is 26.3 Å². The number of ether oxygens (including phenoxy) is 2. The molecule has 1 heterocycles. The van der Waals surface area contributed by atoms with Crippen LogP contribution in [0.4, 0.5) is 26.3 Å². The van der Waals surface area contributed by atoms with Gasteiger partial charge in [0.05, 0.1) is 18.0 Å². The van der Waals surface area contributed by atoms with E-state index in [1.165, 1.54) is 0 Å². The van der Waals surface area contributed by atoms with E-state index in [1.807, 2.05) is 0 Å². The number of hydrogen-bond donors (Lipinski definition) is 1. The summed E-state index contributed by atoms with van der Waals surface area (Å²) in [5, 5.41) is 10.7. The van der Waals surface area contributed by atoms with Crippen molar-refractivity contribution in [2.45, 2.75) is 42.1 Å². The molecule has 0 radical (unpaired) electrons. The fraction of sp³-hybridized carbons (Fsp3) is 0.833. The molecule has 3 aliphatic rings.